The topological polar surface area (TPSA) is 126 Å². The standard InChI is InChI=1S/C15H19N5O6/c1-3-17-10-9-11(19(22)23)12(16-5-7-26-8-6-16)14(20(24)25)13(10)18(4-2)15(17)21/h9H,3-8H2,1-2H3. The van der Waals surface area contributed by atoms with Gasteiger partial charge in [0.05, 0.1) is 28.6 Å². The van der Waals surface area contributed by atoms with Crippen LogP contribution in [0.4, 0.5) is 17.1 Å². The van der Waals surface area contributed by atoms with Gasteiger partial charge < -0.3 is 9.64 Å². The molecule has 0 atom stereocenters. The van der Waals surface area contributed by atoms with Crippen molar-refractivity contribution in [2.75, 3.05) is 31.2 Å². The van der Waals surface area contributed by atoms with Gasteiger partial charge in [-0.15, -0.1) is 0 Å². The summed E-state index contributed by atoms with van der Waals surface area (Å²) in [5, 5.41) is 23.6. The van der Waals surface area contributed by atoms with Gasteiger partial charge in [0.1, 0.15) is 0 Å². The number of nitro groups is 2. The molecule has 2 heterocycles. The van der Waals surface area contributed by atoms with E-state index in [9.17, 15) is 25.0 Å². The summed E-state index contributed by atoms with van der Waals surface area (Å²) in [4.78, 5) is 36.5. The van der Waals surface area contributed by atoms with E-state index in [2.05, 4.69) is 0 Å². The van der Waals surface area contributed by atoms with Crippen LogP contribution in [0.3, 0.4) is 0 Å². The van der Waals surface area contributed by atoms with Gasteiger partial charge in [-0.05, 0) is 13.8 Å². The van der Waals surface area contributed by atoms with Crippen molar-refractivity contribution in [1.29, 1.82) is 0 Å². The molecule has 1 saturated heterocycles. The fourth-order valence-corrected chi connectivity index (χ4v) is 3.45. The van der Waals surface area contributed by atoms with Gasteiger partial charge in [0.25, 0.3) is 0 Å². The second-order valence-electron chi connectivity index (χ2n) is 5.85. The summed E-state index contributed by atoms with van der Waals surface area (Å²) in [5.74, 6) is 0. The molecule has 0 aliphatic carbocycles. The van der Waals surface area contributed by atoms with E-state index >= 15 is 0 Å². The molecule has 0 N–H and O–H groups in total. The van der Waals surface area contributed by atoms with Crippen LogP contribution in [-0.2, 0) is 17.8 Å². The maximum absolute atomic E-state index is 12.6. The van der Waals surface area contributed by atoms with Gasteiger partial charge in [-0.25, -0.2) is 4.79 Å². The Morgan fingerprint density at radius 3 is 2.19 bits per heavy atom. The Bertz CT molecular complexity index is 940. The lowest BCUT2D eigenvalue weighted by atomic mass is 10.1. The van der Waals surface area contributed by atoms with Crippen molar-refractivity contribution in [1.82, 2.24) is 9.13 Å². The molecule has 0 bridgehead atoms. The lowest BCUT2D eigenvalue weighted by Gasteiger charge is -2.28. The number of fused-ring (bicyclic) bond motifs is 1. The third kappa shape index (κ3) is 2.60. The molecule has 2 aromatic rings. The maximum atomic E-state index is 12.6. The number of morpholine rings is 1. The van der Waals surface area contributed by atoms with E-state index in [0.29, 0.717) is 26.3 Å². The van der Waals surface area contributed by atoms with E-state index in [0.717, 1.165) is 0 Å². The molecule has 1 fully saturated rings. The van der Waals surface area contributed by atoms with Gasteiger partial charge in [-0.1, -0.05) is 0 Å². The molecule has 11 heteroatoms. The summed E-state index contributed by atoms with van der Waals surface area (Å²) in [6.45, 7) is 5.16. The number of hydrogen-bond acceptors (Lipinski definition) is 7. The van der Waals surface area contributed by atoms with Crippen molar-refractivity contribution >= 4 is 28.1 Å². The lowest BCUT2D eigenvalue weighted by molar-refractivity contribution is -0.391. The predicted octanol–water partition coefficient (Wildman–Crippen LogP) is 1.50. The minimum Gasteiger partial charge on any atom is -0.378 e. The van der Waals surface area contributed by atoms with E-state index in [1.807, 2.05) is 0 Å². The molecule has 11 nitrogen and oxygen atoms in total. The van der Waals surface area contributed by atoms with Crippen molar-refractivity contribution in [2.45, 2.75) is 26.9 Å². The van der Waals surface area contributed by atoms with E-state index in [-0.39, 0.29) is 35.5 Å². The smallest absolute Gasteiger partial charge is 0.329 e. The average Bonchev–Trinajstić information content (AvgIpc) is 2.90. The van der Waals surface area contributed by atoms with Crippen molar-refractivity contribution in [3.8, 4) is 0 Å². The Hall–Kier alpha value is -2.95. The van der Waals surface area contributed by atoms with Crippen LogP contribution in [0.25, 0.3) is 11.0 Å². The molecule has 140 valence electrons. The minimum absolute atomic E-state index is 0.0637. The molecule has 0 unspecified atom stereocenters. The molecule has 1 aromatic heterocycles. The molecule has 0 spiro atoms. The van der Waals surface area contributed by atoms with Crippen molar-refractivity contribution in [2.24, 2.45) is 0 Å². The Labute approximate surface area is 147 Å². The second kappa shape index (κ2) is 6.75. The quantitative estimate of drug-likeness (QED) is 0.580. The number of ether oxygens (including phenoxy) is 1. The predicted molar refractivity (Wildman–Crippen MR) is 93.9 cm³/mol. The number of nitro benzene ring substituents is 2. The summed E-state index contributed by atoms with van der Waals surface area (Å²) in [7, 11) is 0. The summed E-state index contributed by atoms with van der Waals surface area (Å²) >= 11 is 0. The Kier molecular flexibility index (Phi) is 4.64. The number of anilines is 1. The maximum Gasteiger partial charge on any atom is 0.329 e. The van der Waals surface area contributed by atoms with E-state index < -0.39 is 21.2 Å². The van der Waals surface area contributed by atoms with Crippen molar-refractivity contribution in [3.05, 3.63) is 36.8 Å². The summed E-state index contributed by atoms with van der Waals surface area (Å²) in [5.41, 5.74) is -0.928. The largest absolute Gasteiger partial charge is 0.378 e. The molecule has 0 saturated carbocycles. The normalized spacial score (nSPS) is 14.8. The molecular formula is C15H19N5O6. The van der Waals surface area contributed by atoms with Crippen LogP contribution in [-0.4, -0.2) is 45.3 Å². The fraction of sp³-hybridized carbons (Fsp3) is 0.533. The number of aryl methyl sites for hydroxylation is 2. The highest BCUT2D eigenvalue weighted by atomic mass is 16.6. The van der Waals surface area contributed by atoms with Crippen LogP contribution in [0, 0.1) is 20.2 Å². The van der Waals surface area contributed by atoms with Gasteiger partial charge in [0.15, 0.2) is 11.2 Å². The number of rotatable bonds is 5. The number of hydrogen-bond donors (Lipinski definition) is 0. The molecule has 0 amide bonds. The molecule has 1 aliphatic heterocycles. The first-order chi connectivity index (χ1) is 12.4. The molecule has 3 rings (SSSR count). The summed E-state index contributed by atoms with van der Waals surface area (Å²) in [6, 6.07) is 1.27. The Morgan fingerprint density at radius 2 is 1.69 bits per heavy atom. The molecule has 0 radical (unpaired) electrons. The van der Waals surface area contributed by atoms with E-state index in [1.165, 1.54) is 15.2 Å². The van der Waals surface area contributed by atoms with Crippen LogP contribution in [0.15, 0.2) is 10.9 Å². The summed E-state index contributed by atoms with van der Waals surface area (Å²) < 4.78 is 7.87. The van der Waals surface area contributed by atoms with Crippen molar-refractivity contribution in [3.63, 3.8) is 0 Å². The van der Waals surface area contributed by atoms with Gasteiger partial charge in [0, 0.05) is 32.2 Å². The lowest BCUT2D eigenvalue weighted by Crippen LogP contribution is -2.37. The highest BCUT2D eigenvalue weighted by molar-refractivity contribution is 5.98. The fourth-order valence-electron chi connectivity index (χ4n) is 3.45. The van der Waals surface area contributed by atoms with Crippen LogP contribution in [0.5, 0.6) is 0 Å². The van der Waals surface area contributed by atoms with Crippen LogP contribution >= 0.6 is 0 Å². The Morgan fingerprint density at radius 1 is 1.08 bits per heavy atom. The van der Waals surface area contributed by atoms with E-state index in [1.54, 1.807) is 18.7 Å². The molecule has 1 aromatic carbocycles. The van der Waals surface area contributed by atoms with Gasteiger partial charge in [-0.3, -0.25) is 29.4 Å². The first kappa shape index (κ1) is 17.9. The van der Waals surface area contributed by atoms with E-state index in [4.69, 9.17) is 4.74 Å². The number of aromatic nitrogens is 2. The zero-order valence-corrected chi connectivity index (χ0v) is 14.5. The SMILES string of the molecule is CCn1c(=O)n(CC)c2c([N+](=O)[O-])c(N3CCOCC3)c([N+](=O)[O-])cc21. The number of imidazole rings is 1. The van der Waals surface area contributed by atoms with Gasteiger partial charge >= 0.3 is 17.1 Å². The highest BCUT2D eigenvalue weighted by Gasteiger charge is 2.36. The zero-order valence-electron chi connectivity index (χ0n) is 14.5. The first-order valence-corrected chi connectivity index (χ1v) is 8.33. The first-order valence-electron chi connectivity index (χ1n) is 8.33. The molecule has 1 aliphatic rings. The molecule has 26 heavy (non-hydrogen) atoms. The second-order valence-corrected chi connectivity index (χ2v) is 5.85. The third-order valence-corrected chi connectivity index (χ3v) is 4.57. The monoisotopic (exact) mass is 365 g/mol. The third-order valence-electron chi connectivity index (χ3n) is 4.57. The Balaban J connectivity index is 2.49. The number of benzene rings is 1. The average molecular weight is 365 g/mol. The minimum atomic E-state index is -0.634. The highest BCUT2D eigenvalue weighted by Crippen LogP contribution is 2.43. The van der Waals surface area contributed by atoms with Crippen LogP contribution in [0.2, 0.25) is 0 Å². The number of nitrogens with zero attached hydrogens (tertiary/aromatic N) is 5. The van der Waals surface area contributed by atoms with Gasteiger partial charge in [-0.2, -0.15) is 0 Å². The van der Waals surface area contributed by atoms with Crippen molar-refractivity contribution < 1.29 is 14.6 Å². The summed E-state index contributed by atoms with van der Waals surface area (Å²) in [6.07, 6.45) is 0. The van der Waals surface area contributed by atoms with Crippen LogP contribution < -0.4 is 10.6 Å². The van der Waals surface area contributed by atoms with Crippen LogP contribution in [0.1, 0.15) is 13.8 Å². The molecular weight excluding hydrogens is 346 g/mol. The zero-order chi connectivity index (χ0) is 19.0. The van der Waals surface area contributed by atoms with Gasteiger partial charge in [0.2, 0.25) is 0 Å².